The summed E-state index contributed by atoms with van der Waals surface area (Å²) in [5.74, 6) is -1.10. The van der Waals surface area contributed by atoms with Crippen LogP contribution in [-0.4, -0.2) is 15.5 Å². The number of carbonyl (C=O) groups is 1. The number of carboxylic acids is 1. The molecule has 0 aromatic carbocycles. The Labute approximate surface area is 73.4 Å². The van der Waals surface area contributed by atoms with Gasteiger partial charge >= 0.3 is 22.4 Å². The molecule has 0 fully saturated rings. The topological polar surface area (TPSA) is 57.9 Å². The minimum Gasteiger partial charge on any atom is -0.548 e. The summed E-state index contributed by atoms with van der Waals surface area (Å²) < 4.78 is 1.43. The van der Waals surface area contributed by atoms with Gasteiger partial charge in [0, 0.05) is 12.4 Å². The van der Waals surface area contributed by atoms with E-state index in [0.717, 1.165) is 0 Å². The van der Waals surface area contributed by atoms with Crippen LogP contribution in [0.25, 0.3) is 0 Å². The standard InChI is InChI=1S/C5H6N2O2.Ag/c8-5(9)3-7-2-1-6-4-7;/h1-2,4H,3H2,(H,8,9);/q;+1/p-1. The van der Waals surface area contributed by atoms with Crippen molar-refractivity contribution in [3.63, 3.8) is 0 Å². The van der Waals surface area contributed by atoms with Crippen LogP contribution in [0.3, 0.4) is 0 Å². The summed E-state index contributed by atoms with van der Waals surface area (Å²) in [6, 6.07) is 0. The number of imidazole rings is 1. The van der Waals surface area contributed by atoms with E-state index >= 15 is 0 Å². The van der Waals surface area contributed by atoms with Crippen LogP contribution < -0.4 is 5.11 Å². The first-order valence-electron chi connectivity index (χ1n) is 2.44. The van der Waals surface area contributed by atoms with Gasteiger partial charge in [0.1, 0.15) is 0 Å². The van der Waals surface area contributed by atoms with Gasteiger partial charge in [-0.15, -0.1) is 0 Å². The maximum absolute atomic E-state index is 9.91. The monoisotopic (exact) mass is 232 g/mol. The quantitative estimate of drug-likeness (QED) is 0.592. The fourth-order valence-corrected chi connectivity index (χ4v) is 0.529. The van der Waals surface area contributed by atoms with Gasteiger partial charge in [-0.1, -0.05) is 0 Å². The van der Waals surface area contributed by atoms with Crippen LogP contribution in [0.1, 0.15) is 0 Å². The molecule has 0 amide bonds. The predicted octanol–water partition coefficient (Wildman–Crippen LogP) is -1.37. The number of hydrogen-bond donors (Lipinski definition) is 0. The van der Waals surface area contributed by atoms with Crippen molar-refractivity contribution in [2.45, 2.75) is 6.54 Å². The number of rotatable bonds is 2. The molecule has 0 aliphatic rings. The van der Waals surface area contributed by atoms with Crippen molar-refractivity contribution < 1.29 is 32.3 Å². The van der Waals surface area contributed by atoms with Gasteiger partial charge in [-0.3, -0.25) is 0 Å². The number of nitrogens with zero attached hydrogens (tertiary/aromatic N) is 2. The third kappa shape index (κ3) is 2.82. The Balaban J connectivity index is 0.000000810. The predicted molar refractivity (Wildman–Crippen MR) is 27.2 cm³/mol. The third-order valence-corrected chi connectivity index (χ3v) is 0.871. The van der Waals surface area contributed by atoms with Crippen molar-refractivity contribution in [1.82, 2.24) is 9.55 Å². The zero-order valence-electron chi connectivity index (χ0n) is 4.95. The van der Waals surface area contributed by atoms with E-state index in [2.05, 4.69) is 4.98 Å². The summed E-state index contributed by atoms with van der Waals surface area (Å²) in [4.78, 5) is 13.6. The van der Waals surface area contributed by atoms with Gasteiger partial charge in [-0.2, -0.15) is 0 Å². The molecule has 0 saturated carbocycles. The van der Waals surface area contributed by atoms with Crippen LogP contribution in [0, 0.1) is 0 Å². The molecule has 4 nitrogen and oxygen atoms in total. The molecule has 5 heteroatoms. The van der Waals surface area contributed by atoms with Gasteiger partial charge in [0.05, 0.1) is 18.8 Å². The molecule has 0 aliphatic heterocycles. The number of aliphatic carboxylic acids is 1. The van der Waals surface area contributed by atoms with Crippen molar-refractivity contribution in [3.8, 4) is 0 Å². The average Bonchev–Trinajstić information content (AvgIpc) is 2.15. The molecule has 0 bridgehead atoms. The van der Waals surface area contributed by atoms with E-state index in [9.17, 15) is 9.90 Å². The van der Waals surface area contributed by atoms with Gasteiger partial charge in [0.2, 0.25) is 0 Å². The molecule has 1 rings (SSSR count). The van der Waals surface area contributed by atoms with Gasteiger partial charge in [0.25, 0.3) is 0 Å². The van der Waals surface area contributed by atoms with E-state index in [4.69, 9.17) is 0 Å². The van der Waals surface area contributed by atoms with E-state index in [1.807, 2.05) is 0 Å². The van der Waals surface area contributed by atoms with Crippen LogP contribution in [0.15, 0.2) is 18.7 Å². The smallest absolute Gasteiger partial charge is 0.548 e. The zero-order chi connectivity index (χ0) is 6.69. The molecule has 0 atom stereocenters. The van der Waals surface area contributed by atoms with Gasteiger partial charge < -0.3 is 14.5 Å². The first kappa shape index (κ1) is 9.42. The van der Waals surface area contributed by atoms with Crippen LogP contribution in [-0.2, 0) is 33.7 Å². The Bertz CT molecular complexity index is 197. The van der Waals surface area contributed by atoms with Crippen molar-refractivity contribution in [1.29, 1.82) is 0 Å². The summed E-state index contributed by atoms with van der Waals surface area (Å²) in [6.07, 6.45) is 4.51. The Hall–Kier alpha value is -0.580. The van der Waals surface area contributed by atoms with Crippen LogP contribution in [0.5, 0.6) is 0 Å². The average molecular weight is 233 g/mol. The molecule has 1 heterocycles. The molecule has 58 valence electrons. The zero-order valence-corrected chi connectivity index (χ0v) is 6.43. The van der Waals surface area contributed by atoms with Gasteiger partial charge in [-0.25, -0.2) is 4.98 Å². The summed E-state index contributed by atoms with van der Waals surface area (Å²) in [5, 5.41) is 9.91. The molecular formula is C5H5AgN2O2. The largest absolute Gasteiger partial charge is 1.00 e. The summed E-state index contributed by atoms with van der Waals surface area (Å²) in [6.45, 7) is -0.125. The molecule has 0 unspecified atom stereocenters. The SMILES string of the molecule is O=C([O-])Cn1ccnc1.[Ag+]. The Morgan fingerprint density at radius 2 is 2.40 bits per heavy atom. The van der Waals surface area contributed by atoms with Gasteiger partial charge in [0.15, 0.2) is 0 Å². The molecule has 0 N–H and O–H groups in total. The maximum atomic E-state index is 9.91. The van der Waals surface area contributed by atoms with Crippen LogP contribution in [0.2, 0.25) is 0 Å². The van der Waals surface area contributed by atoms with Gasteiger partial charge in [-0.05, 0) is 0 Å². The Morgan fingerprint density at radius 1 is 1.70 bits per heavy atom. The minimum absolute atomic E-state index is 0. The molecule has 0 radical (unpaired) electrons. The molecular weight excluding hydrogens is 228 g/mol. The van der Waals surface area contributed by atoms with E-state index in [1.54, 1.807) is 6.20 Å². The van der Waals surface area contributed by atoms with E-state index < -0.39 is 5.97 Å². The second-order valence-corrected chi connectivity index (χ2v) is 1.61. The third-order valence-electron chi connectivity index (χ3n) is 0.871. The molecule has 0 saturated heterocycles. The summed E-state index contributed by atoms with van der Waals surface area (Å²) in [5.41, 5.74) is 0. The van der Waals surface area contributed by atoms with E-state index in [-0.39, 0.29) is 28.9 Å². The molecule has 1 aromatic rings. The van der Waals surface area contributed by atoms with Crippen LogP contribution in [0.4, 0.5) is 0 Å². The molecule has 0 aliphatic carbocycles. The fourth-order valence-electron chi connectivity index (χ4n) is 0.529. The van der Waals surface area contributed by atoms with Crippen molar-refractivity contribution in [3.05, 3.63) is 18.7 Å². The number of hydrogen-bond acceptors (Lipinski definition) is 3. The number of carbonyl (C=O) groups excluding carboxylic acids is 1. The molecule has 0 spiro atoms. The normalized spacial score (nSPS) is 8.40. The Kier molecular flexibility index (Phi) is 4.02. The second kappa shape index (κ2) is 4.27. The van der Waals surface area contributed by atoms with E-state index in [1.165, 1.54) is 17.1 Å². The van der Waals surface area contributed by atoms with Crippen molar-refractivity contribution in [2.75, 3.05) is 0 Å². The minimum atomic E-state index is -1.10. The van der Waals surface area contributed by atoms with E-state index in [0.29, 0.717) is 0 Å². The maximum Gasteiger partial charge on any atom is 1.00 e. The second-order valence-electron chi connectivity index (χ2n) is 1.61. The summed E-state index contributed by atoms with van der Waals surface area (Å²) in [7, 11) is 0. The molecule has 1 aromatic heterocycles. The number of carboxylic acid groups (broad SMARTS) is 1. The first-order valence-corrected chi connectivity index (χ1v) is 2.44. The van der Waals surface area contributed by atoms with Crippen molar-refractivity contribution in [2.24, 2.45) is 0 Å². The van der Waals surface area contributed by atoms with Crippen LogP contribution >= 0.6 is 0 Å². The number of aromatic nitrogens is 2. The summed E-state index contributed by atoms with van der Waals surface area (Å²) >= 11 is 0. The fraction of sp³-hybridized carbons (Fsp3) is 0.200. The molecule has 10 heavy (non-hydrogen) atoms. The Morgan fingerprint density at radius 3 is 2.80 bits per heavy atom. The van der Waals surface area contributed by atoms with Crippen molar-refractivity contribution >= 4 is 5.97 Å². The first-order chi connectivity index (χ1) is 4.29.